The first-order valence-electron chi connectivity index (χ1n) is 6.13. The van der Waals surface area contributed by atoms with Gasteiger partial charge in [-0.15, -0.1) is 0 Å². The van der Waals surface area contributed by atoms with Crippen LogP contribution in [0.25, 0.3) is 0 Å². The molecule has 0 radical (unpaired) electrons. The molecule has 0 saturated heterocycles. The number of aryl methyl sites for hydroxylation is 2. The second kappa shape index (κ2) is 6.19. The van der Waals surface area contributed by atoms with E-state index >= 15 is 0 Å². The van der Waals surface area contributed by atoms with Crippen LogP contribution in [0.4, 0.5) is 0 Å². The SMILES string of the molecule is Cc1nc(CNCC(O)c2ccc(Cl)cc2)oc1C. The minimum absolute atomic E-state index is 0.433. The maximum atomic E-state index is 9.99. The highest BCUT2D eigenvalue weighted by Crippen LogP contribution is 2.16. The van der Waals surface area contributed by atoms with Crippen molar-refractivity contribution in [3.05, 3.63) is 52.2 Å². The molecule has 0 fully saturated rings. The molecular formula is C14H17ClN2O2. The van der Waals surface area contributed by atoms with Crippen molar-refractivity contribution < 1.29 is 9.52 Å². The van der Waals surface area contributed by atoms with E-state index in [0.29, 0.717) is 24.0 Å². The number of aliphatic hydroxyl groups is 1. The lowest BCUT2D eigenvalue weighted by molar-refractivity contribution is 0.173. The minimum Gasteiger partial charge on any atom is -0.444 e. The Kier molecular flexibility index (Phi) is 4.58. The van der Waals surface area contributed by atoms with E-state index in [-0.39, 0.29) is 0 Å². The van der Waals surface area contributed by atoms with Crippen molar-refractivity contribution >= 4 is 11.6 Å². The van der Waals surface area contributed by atoms with Crippen LogP contribution in [0.1, 0.15) is 29.0 Å². The molecule has 0 saturated carbocycles. The Labute approximate surface area is 117 Å². The molecule has 0 amide bonds. The highest BCUT2D eigenvalue weighted by atomic mass is 35.5. The zero-order chi connectivity index (χ0) is 13.8. The predicted molar refractivity (Wildman–Crippen MR) is 74.1 cm³/mol. The van der Waals surface area contributed by atoms with Gasteiger partial charge in [0.15, 0.2) is 0 Å². The quantitative estimate of drug-likeness (QED) is 0.884. The lowest BCUT2D eigenvalue weighted by Crippen LogP contribution is -2.21. The van der Waals surface area contributed by atoms with Gasteiger partial charge in [0.25, 0.3) is 0 Å². The molecule has 0 bridgehead atoms. The Balaban J connectivity index is 1.83. The van der Waals surface area contributed by atoms with E-state index in [2.05, 4.69) is 10.3 Å². The van der Waals surface area contributed by atoms with E-state index in [1.165, 1.54) is 0 Å². The normalized spacial score (nSPS) is 12.6. The molecule has 0 aliphatic rings. The van der Waals surface area contributed by atoms with E-state index < -0.39 is 6.10 Å². The first kappa shape index (κ1) is 14.1. The van der Waals surface area contributed by atoms with Crippen LogP contribution >= 0.6 is 11.6 Å². The van der Waals surface area contributed by atoms with Crippen LogP contribution in [0, 0.1) is 13.8 Å². The highest BCUT2D eigenvalue weighted by Gasteiger charge is 2.09. The van der Waals surface area contributed by atoms with Crippen LogP contribution in [0.2, 0.25) is 5.02 Å². The van der Waals surface area contributed by atoms with Gasteiger partial charge >= 0.3 is 0 Å². The topological polar surface area (TPSA) is 58.3 Å². The second-order valence-electron chi connectivity index (χ2n) is 4.45. The number of oxazole rings is 1. The van der Waals surface area contributed by atoms with Crippen molar-refractivity contribution in [3.8, 4) is 0 Å². The van der Waals surface area contributed by atoms with E-state index in [4.69, 9.17) is 16.0 Å². The van der Waals surface area contributed by atoms with Crippen LogP contribution in [0.5, 0.6) is 0 Å². The summed E-state index contributed by atoms with van der Waals surface area (Å²) in [5, 5.41) is 13.8. The van der Waals surface area contributed by atoms with Crippen molar-refractivity contribution in [1.29, 1.82) is 0 Å². The molecule has 2 aromatic rings. The first-order chi connectivity index (χ1) is 9.06. The van der Waals surface area contributed by atoms with Gasteiger partial charge < -0.3 is 14.8 Å². The summed E-state index contributed by atoms with van der Waals surface area (Å²) in [6.45, 7) is 4.72. The molecule has 0 aliphatic heterocycles. The van der Waals surface area contributed by atoms with Crippen LogP contribution < -0.4 is 5.32 Å². The number of nitrogens with one attached hydrogen (secondary N) is 1. The number of nitrogens with zero attached hydrogens (tertiary/aromatic N) is 1. The summed E-state index contributed by atoms with van der Waals surface area (Å²) in [5.41, 5.74) is 1.73. The van der Waals surface area contributed by atoms with Crippen molar-refractivity contribution in [1.82, 2.24) is 10.3 Å². The van der Waals surface area contributed by atoms with Gasteiger partial charge in [-0.2, -0.15) is 0 Å². The maximum Gasteiger partial charge on any atom is 0.208 e. The highest BCUT2D eigenvalue weighted by molar-refractivity contribution is 6.30. The van der Waals surface area contributed by atoms with Gasteiger partial charge in [-0.3, -0.25) is 0 Å². The average molecular weight is 281 g/mol. The largest absolute Gasteiger partial charge is 0.444 e. The van der Waals surface area contributed by atoms with Gasteiger partial charge in [0.05, 0.1) is 18.3 Å². The molecule has 4 nitrogen and oxygen atoms in total. The second-order valence-corrected chi connectivity index (χ2v) is 4.88. The lowest BCUT2D eigenvalue weighted by Gasteiger charge is -2.11. The fourth-order valence-electron chi connectivity index (χ4n) is 1.73. The fraction of sp³-hybridized carbons (Fsp3) is 0.357. The van der Waals surface area contributed by atoms with Gasteiger partial charge in [0.1, 0.15) is 5.76 Å². The molecule has 102 valence electrons. The molecule has 0 spiro atoms. The third kappa shape index (κ3) is 3.80. The maximum absolute atomic E-state index is 9.99. The summed E-state index contributed by atoms with van der Waals surface area (Å²) in [7, 11) is 0. The molecule has 1 atom stereocenters. The summed E-state index contributed by atoms with van der Waals surface area (Å²) < 4.78 is 5.44. The third-order valence-electron chi connectivity index (χ3n) is 2.94. The Morgan fingerprint density at radius 3 is 2.58 bits per heavy atom. The van der Waals surface area contributed by atoms with Gasteiger partial charge in [-0.1, -0.05) is 23.7 Å². The molecule has 1 heterocycles. The van der Waals surface area contributed by atoms with Crippen LogP contribution in [0.3, 0.4) is 0 Å². The monoisotopic (exact) mass is 280 g/mol. The number of hydrogen-bond donors (Lipinski definition) is 2. The average Bonchev–Trinajstić information content (AvgIpc) is 2.69. The summed E-state index contributed by atoms with van der Waals surface area (Å²) in [6, 6.07) is 7.16. The molecule has 5 heteroatoms. The van der Waals surface area contributed by atoms with Crippen LogP contribution in [-0.2, 0) is 6.54 Å². The molecule has 2 N–H and O–H groups in total. The first-order valence-corrected chi connectivity index (χ1v) is 6.51. The minimum atomic E-state index is -0.575. The Morgan fingerprint density at radius 1 is 1.32 bits per heavy atom. The molecule has 1 aromatic heterocycles. The number of halogens is 1. The summed E-state index contributed by atoms with van der Waals surface area (Å²) in [5.74, 6) is 1.47. The Bertz CT molecular complexity index is 517. The number of aliphatic hydroxyl groups excluding tert-OH is 1. The Morgan fingerprint density at radius 2 is 2.00 bits per heavy atom. The summed E-state index contributed by atoms with van der Waals surface area (Å²) in [4.78, 5) is 4.26. The molecule has 1 unspecified atom stereocenters. The number of rotatable bonds is 5. The smallest absolute Gasteiger partial charge is 0.208 e. The third-order valence-corrected chi connectivity index (χ3v) is 3.19. The lowest BCUT2D eigenvalue weighted by atomic mass is 10.1. The van der Waals surface area contributed by atoms with Gasteiger partial charge in [-0.05, 0) is 31.5 Å². The van der Waals surface area contributed by atoms with Crippen LogP contribution in [0.15, 0.2) is 28.7 Å². The molecule has 0 aliphatic carbocycles. The van der Waals surface area contributed by atoms with E-state index in [1.807, 2.05) is 26.0 Å². The number of aromatic nitrogens is 1. The van der Waals surface area contributed by atoms with Gasteiger partial charge in [0, 0.05) is 11.6 Å². The molecular weight excluding hydrogens is 264 g/mol. The summed E-state index contributed by atoms with van der Waals surface area (Å²) in [6.07, 6.45) is -0.575. The zero-order valence-corrected chi connectivity index (χ0v) is 11.7. The number of hydrogen-bond acceptors (Lipinski definition) is 4. The van der Waals surface area contributed by atoms with E-state index in [1.54, 1.807) is 12.1 Å². The zero-order valence-electron chi connectivity index (χ0n) is 11.0. The van der Waals surface area contributed by atoms with E-state index in [9.17, 15) is 5.11 Å². The standard InChI is InChI=1S/C14H17ClN2O2/c1-9-10(2)19-14(17-9)8-16-7-13(18)11-3-5-12(15)6-4-11/h3-6,13,16,18H,7-8H2,1-2H3. The Hall–Kier alpha value is -1.36. The van der Waals surface area contributed by atoms with Crippen LogP contribution in [-0.4, -0.2) is 16.6 Å². The fourth-order valence-corrected chi connectivity index (χ4v) is 1.86. The van der Waals surface area contributed by atoms with Gasteiger partial charge in [-0.25, -0.2) is 4.98 Å². The van der Waals surface area contributed by atoms with Crippen molar-refractivity contribution in [2.75, 3.05) is 6.54 Å². The van der Waals surface area contributed by atoms with E-state index in [0.717, 1.165) is 17.0 Å². The van der Waals surface area contributed by atoms with Crippen molar-refractivity contribution in [3.63, 3.8) is 0 Å². The molecule has 19 heavy (non-hydrogen) atoms. The van der Waals surface area contributed by atoms with Gasteiger partial charge in [0.2, 0.25) is 5.89 Å². The number of benzene rings is 1. The molecule has 2 rings (SSSR count). The van der Waals surface area contributed by atoms with Crippen molar-refractivity contribution in [2.24, 2.45) is 0 Å². The van der Waals surface area contributed by atoms with Crippen molar-refractivity contribution in [2.45, 2.75) is 26.5 Å². The molecule has 1 aromatic carbocycles. The predicted octanol–water partition coefficient (Wildman–Crippen LogP) is 2.77. The summed E-state index contributed by atoms with van der Waals surface area (Å²) >= 11 is 5.80.